The second-order valence-electron chi connectivity index (χ2n) is 6.95. The Bertz CT molecular complexity index is 1100. The number of nitrogens with one attached hydrogen (secondary N) is 1. The van der Waals surface area contributed by atoms with Crippen molar-refractivity contribution in [2.24, 2.45) is 0 Å². The number of aromatic amines is 1. The lowest BCUT2D eigenvalue weighted by Gasteiger charge is -2.03. The molecule has 2 aromatic heterocycles. The first-order chi connectivity index (χ1) is 13.6. The van der Waals surface area contributed by atoms with Crippen LogP contribution in [-0.4, -0.2) is 36.3 Å². The highest BCUT2D eigenvalue weighted by Crippen LogP contribution is 2.25. The molecule has 0 spiro atoms. The molecule has 4 rings (SSSR count). The van der Waals surface area contributed by atoms with Crippen LogP contribution in [0.1, 0.15) is 32.9 Å². The maximum atomic E-state index is 11.4. The smallest absolute Gasteiger partial charge is 0.335 e. The lowest BCUT2D eigenvalue weighted by molar-refractivity contribution is 0.0697. The Kier molecular flexibility index (Phi) is 4.89. The van der Waals surface area contributed by atoms with Crippen molar-refractivity contribution in [1.82, 2.24) is 25.2 Å². The third kappa shape index (κ3) is 3.78. The quantitative estimate of drug-likeness (QED) is 0.517. The van der Waals surface area contributed by atoms with E-state index in [2.05, 4.69) is 62.6 Å². The molecule has 0 aliphatic carbocycles. The van der Waals surface area contributed by atoms with Crippen LogP contribution in [0, 0.1) is 6.92 Å². The largest absolute Gasteiger partial charge is 0.478 e. The van der Waals surface area contributed by atoms with Gasteiger partial charge in [0.1, 0.15) is 0 Å². The molecule has 0 radical (unpaired) electrons. The summed E-state index contributed by atoms with van der Waals surface area (Å²) in [6, 6.07) is 13.8. The molecule has 2 heterocycles. The highest BCUT2D eigenvalue weighted by molar-refractivity contribution is 5.95. The van der Waals surface area contributed by atoms with E-state index in [1.54, 1.807) is 12.1 Å². The van der Waals surface area contributed by atoms with Gasteiger partial charge >= 0.3 is 5.97 Å². The van der Waals surface area contributed by atoms with Gasteiger partial charge < -0.3 is 9.67 Å². The van der Waals surface area contributed by atoms with Gasteiger partial charge in [0.25, 0.3) is 0 Å². The first-order valence-electron chi connectivity index (χ1n) is 9.23. The Hall–Kier alpha value is -3.48. The number of nitrogens with zero attached hydrogens (tertiary/aromatic N) is 4. The lowest BCUT2D eigenvalue weighted by atomic mass is 10.0. The molecule has 0 atom stereocenters. The van der Waals surface area contributed by atoms with E-state index >= 15 is 0 Å². The minimum absolute atomic E-state index is 0.306. The average molecular weight is 375 g/mol. The molecule has 7 heteroatoms. The molecule has 0 saturated carbocycles. The number of carbonyl (C=O) groups is 1. The van der Waals surface area contributed by atoms with Crippen molar-refractivity contribution in [2.75, 3.05) is 0 Å². The molecule has 0 saturated heterocycles. The van der Waals surface area contributed by atoms with E-state index in [0.717, 1.165) is 29.3 Å². The Morgan fingerprint density at radius 1 is 1.11 bits per heavy atom. The van der Waals surface area contributed by atoms with Crippen molar-refractivity contribution in [3.63, 3.8) is 0 Å². The Labute approximate surface area is 162 Å². The van der Waals surface area contributed by atoms with Crippen LogP contribution in [0.4, 0.5) is 0 Å². The van der Waals surface area contributed by atoms with Crippen molar-refractivity contribution in [3.05, 3.63) is 76.7 Å². The van der Waals surface area contributed by atoms with Crippen molar-refractivity contribution in [2.45, 2.75) is 32.7 Å². The van der Waals surface area contributed by atoms with Crippen LogP contribution in [0.3, 0.4) is 0 Å². The first-order valence-corrected chi connectivity index (χ1v) is 9.23. The maximum Gasteiger partial charge on any atom is 0.335 e. The zero-order valence-corrected chi connectivity index (χ0v) is 15.6. The van der Waals surface area contributed by atoms with Crippen LogP contribution in [0.15, 0.2) is 48.7 Å². The van der Waals surface area contributed by atoms with E-state index < -0.39 is 5.97 Å². The number of fused-ring (bicyclic) bond motifs is 1. The van der Waals surface area contributed by atoms with Crippen LogP contribution in [-0.2, 0) is 25.8 Å². The first kappa shape index (κ1) is 17.9. The lowest BCUT2D eigenvalue weighted by Crippen LogP contribution is -2.02. The van der Waals surface area contributed by atoms with Gasteiger partial charge in [0, 0.05) is 30.1 Å². The molecule has 7 nitrogen and oxygen atoms in total. The molecule has 142 valence electrons. The number of aryl methyl sites for hydroxylation is 5. The summed E-state index contributed by atoms with van der Waals surface area (Å²) in [7, 11) is 0. The summed E-state index contributed by atoms with van der Waals surface area (Å²) >= 11 is 0. The number of aromatic carboxylic acids is 1. The van der Waals surface area contributed by atoms with E-state index in [1.807, 2.05) is 6.07 Å². The number of aromatic nitrogens is 5. The van der Waals surface area contributed by atoms with Gasteiger partial charge in [-0.15, -0.1) is 10.2 Å². The van der Waals surface area contributed by atoms with Crippen molar-refractivity contribution < 1.29 is 9.90 Å². The Balaban J connectivity index is 1.63. The summed E-state index contributed by atoms with van der Waals surface area (Å²) < 4.78 is 2.14. The van der Waals surface area contributed by atoms with Crippen molar-refractivity contribution in [1.29, 1.82) is 0 Å². The highest BCUT2D eigenvalue weighted by Gasteiger charge is 2.13. The zero-order valence-electron chi connectivity index (χ0n) is 15.6. The van der Waals surface area contributed by atoms with Gasteiger partial charge in [-0.25, -0.2) is 4.79 Å². The fourth-order valence-electron chi connectivity index (χ4n) is 3.43. The molecule has 0 aliphatic rings. The number of rotatable bonds is 7. The highest BCUT2D eigenvalue weighted by atomic mass is 16.4. The van der Waals surface area contributed by atoms with Crippen molar-refractivity contribution in [3.8, 4) is 0 Å². The number of carboxylic acids is 1. The van der Waals surface area contributed by atoms with Gasteiger partial charge in [-0.05, 0) is 49.1 Å². The predicted octanol–water partition coefficient (Wildman–Crippen LogP) is 3.19. The number of tetrazole rings is 1. The number of hydrogen-bond donors (Lipinski definition) is 2. The minimum atomic E-state index is -0.911. The number of carboxylic acid groups (broad SMARTS) is 1. The van der Waals surface area contributed by atoms with E-state index in [1.165, 1.54) is 11.1 Å². The molecule has 4 aromatic rings. The van der Waals surface area contributed by atoms with Crippen LogP contribution < -0.4 is 0 Å². The fraction of sp³-hybridized carbons (Fsp3) is 0.238. The molecule has 2 aromatic carbocycles. The standard InChI is InChI=1S/C21H21N5O2/c1-14-2-4-15(5-3-14)6-7-17-13-26(11-10-20-22-24-25-23-20)19-9-8-16(21(27)28)12-18(17)19/h2-5,8-9,12-13H,6-7,10-11H2,1H3,(H,27,28)(H,22,23,24,25). The third-order valence-electron chi connectivity index (χ3n) is 4.98. The van der Waals surface area contributed by atoms with Gasteiger partial charge in [-0.3, -0.25) is 0 Å². The van der Waals surface area contributed by atoms with Crippen LogP contribution in [0.2, 0.25) is 0 Å². The van der Waals surface area contributed by atoms with E-state index in [4.69, 9.17) is 0 Å². The summed E-state index contributed by atoms with van der Waals surface area (Å²) in [6.07, 6.45) is 4.52. The van der Waals surface area contributed by atoms with Gasteiger partial charge in [0.15, 0.2) is 5.82 Å². The number of benzene rings is 2. The van der Waals surface area contributed by atoms with E-state index in [9.17, 15) is 9.90 Å². The number of hydrogen-bond acceptors (Lipinski definition) is 4. The summed E-state index contributed by atoms with van der Waals surface area (Å²) in [5, 5.41) is 24.4. The van der Waals surface area contributed by atoms with Gasteiger partial charge in [0.05, 0.1) is 5.56 Å². The maximum absolute atomic E-state index is 11.4. The second-order valence-corrected chi connectivity index (χ2v) is 6.95. The molecule has 0 aliphatic heterocycles. The van der Waals surface area contributed by atoms with Gasteiger partial charge in [-0.2, -0.15) is 5.21 Å². The summed E-state index contributed by atoms with van der Waals surface area (Å²) in [4.78, 5) is 11.4. The van der Waals surface area contributed by atoms with E-state index in [-0.39, 0.29) is 0 Å². The number of H-pyrrole nitrogens is 1. The molecule has 0 unspecified atom stereocenters. The molecule has 28 heavy (non-hydrogen) atoms. The SMILES string of the molecule is Cc1ccc(CCc2cn(CCc3nn[nH]n3)c3ccc(C(=O)O)cc23)cc1. The second kappa shape index (κ2) is 7.64. The Morgan fingerprint density at radius 2 is 1.93 bits per heavy atom. The van der Waals surface area contributed by atoms with Gasteiger partial charge in [0.2, 0.25) is 0 Å². The monoisotopic (exact) mass is 375 g/mol. The third-order valence-corrected chi connectivity index (χ3v) is 4.98. The minimum Gasteiger partial charge on any atom is -0.478 e. The molecular formula is C21H21N5O2. The summed E-state index contributed by atoms with van der Waals surface area (Å²) in [5.74, 6) is -0.254. The molecule has 0 amide bonds. The molecule has 0 bridgehead atoms. The molecule has 0 fully saturated rings. The van der Waals surface area contributed by atoms with Crippen LogP contribution >= 0.6 is 0 Å². The van der Waals surface area contributed by atoms with Crippen LogP contribution in [0.25, 0.3) is 10.9 Å². The molecule has 2 N–H and O–H groups in total. The fourth-order valence-corrected chi connectivity index (χ4v) is 3.43. The van der Waals surface area contributed by atoms with Crippen molar-refractivity contribution >= 4 is 16.9 Å². The predicted molar refractivity (Wildman–Crippen MR) is 105 cm³/mol. The molecular weight excluding hydrogens is 354 g/mol. The van der Waals surface area contributed by atoms with Gasteiger partial charge in [-0.1, -0.05) is 35.0 Å². The topological polar surface area (TPSA) is 96.7 Å². The zero-order chi connectivity index (χ0) is 19.5. The summed E-state index contributed by atoms with van der Waals surface area (Å²) in [6.45, 7) is 2.78. The Morgan fingerprint density at radius 3 is 2.64 bits per heavy atom. The summed E-state index contributed by atoms with van der Waals surface area (Å²) in [5.41, 5.74) is 4.99. The van der Waals surface area contributed by atoms with E-state index in [0.29, 0.717) is 24.4 Å². The average Bonchev–Trinajstić information content (AvgIpc) is 3.33. The van der Waals surface area contributed by atoms with Crippen LogP contribution in [0.5, 0.6) is 0 Å². The normalized spacial score (nSPS) is 11.2.